The number of unbranched alkanes of at least 4 members (excludes halogenated alkanes) is 3. The van der Waals surface area contributed by atoms with Crippen molar-refractivity contribution in [1.82, 2.24) is 4.90 Å². The minimum absolute atomic E-state index is 0.161. The molecule has 1 aliphatic heterocycles. The van der Waals surface area contributed by atoms with Gasteiger partial charge in [0.1, 0.15) is 11.9 Å². The number of alkyl halides is 2. The number of rotatable bonds is 12. The van der Waals surface area contributed by atoms with Crippen LogP contribution in [0.4, 0.5) is 4.79 Å². The summed E-state index contributed by atoms with van der Waals surface area (Å²) in [4.78, 5) is 15.0. The SMILES string of the molecule is C=C1N([C@H](CO)Cc2ccccc2)C(=O)O[C@@H](c2ccc(OC)cc2)[C@]1(CC)CCCCCC.ClCCl. The second-order valence-corrected chi connectivity index (χ2v) is 10.1. The number of benzene rings is 2. The van der Waals surface area contributed by atoms with Gasteiger partial charge in [0.05, 0.1) is 30.5 Å². The molecule has 0 radical (unpaired) electrons. The number of methoxy groups -OCH3 is 1. The first kappa shape index (κ1) is 31.0. The maximum atomic E-state index is 13.4. The minimum atomic E-state index is -0.446. The van der Waals surface area contributed by atoms with Crippen molar-refractivity contribution in [2.75, 3.05) is 19.1 Å². The zero-order valence-electron chi connectivity index (χ0n) is 22.3. The van der Waals surface area contributed by atoms with Crippen LogP contribution in [0.3, 0.4) is 0 Å². The molecule has 2 aromatic rings. The van der Waals surface area contributed by atoms with E-state index in [9.17, 15) is 9.90 Å². The Kier molecular flexibility index (Phi) is 13.3. The Hall–Kier alpha value is -2.21. The highest BCUT2D eigenvalue weighted by Gasteiger charge is 2.51. The summed E-state index contributed by atoms with van der Waals surface area (Å²) in [5.41, 5.74) is 2.30. The largest absolute Gasteiger partial charge is 0.497 e. The summed E-state index contributed by atoms with van der Waals surface area (Å²) in [7, 11) is 1.64. The number of carbonyl (C=O) groups is 1. The molecule has 1 amide bonds. The van der Waals surface area contributed by atoms with Crippen molar-refractivity contribution < 1.29 is 19.4 Å². The number of aliphatic hydroxyl groups is 1. The lowest BCUT2D eigenvalue weighted by atomic mass is 9.69. The number of nitrogens with zero attached hydrogens (tertiary/aromatic N) is 1. The fraction of sp³-hybridized carbons (Fsp3) is 0.500. The van der Waals surface area contributed by atoms with Crippen molar-refractivity contribution in [1.29, 1.82) is 0 Å². The monoisotopic (exact) mass is 549 g/mol. The summed E-state index contributed by atoms with van der Waals surface area (Å²) in [5.74, 6) is 0.764. The van der Waals surface area contributed by atoms with Crippen molar-refractivity contribution in [2.45, 2.75) is 70.9 Å². The molecular weight excluding hydrogens is 509 g/mol. The van der Waals surface area contributed by atoms with Crippen molar-refractivity contribution >= 4 is 29.3 Å². The van der Waals surface area contributed by atoms with E-state index >= 15 is 0 Å². The third-order valence-corrected chi connectivity index (χ3v) is 7.20. The number of cyclic esters (lactones) is 1. The number of carbonyl (C=O) groups excluding carboxylic acids is 1. The maximum Gasteiger partial charge on any atom is 0.415 e. The summed E-state index contributed by atoms with van der Waals surface area (Å²) in [5, 5.41) is 10.5. The van der Waals surface area contributed by atoms with Gasteiger partial charge in [0.25, 0.3) is 0 Å². The molecular formula is C30H41Cl2NO4. The van der Waals surface area contributed by atoms with Crippen molar-refractivity contribution in [3.05, 3.63) is 78.0 Å². The molecule has 7 heteroatoms. The van der Waals surface area contributed by atoms with Crippen molar-refractivity contribution in [2.24, 2.45) is 5.41 Å². The van der Waals surface area contributed by atoms with Crippen molar-refractivity contribution in [3.63, 3.8) is 0 Å². The Balaban J connectivity index is 0.00000153. The normalized spacial score (nSPS) is 20.1. The summed E-state index contributed by atoms with van der Waals surface area (Å²) in [6.07, 6.45) is 5.80. The quantitative estimate of drug-likeness (QED) is 0.214. The third-order valence-electron chi connectivity index (χ3n) is 7.20. The minimum Gasteiger partial charge on any atom is -0.497 e. The first-order valence-corrected chi connectivity index (χ1v) is 14.1. The lowest BCUT2D eigenvalue weighted by Crippen LogP contribution is -2.54. The molecule has 0 aliphatic carbocycles. The van der Waals surface area contributed by atoms with E-state index in [4.69, 9.17) is 32.7 Å². The topological polar surface area (TPSA) is 59.0 Å². The smallest absolute Gasteiger partial charge is 0.415 e. The van der Waals surface area contributed by atoms with Crippen LogP contribution in [0.15, 0.2) is 66.9 Å². The van der Waals surface area contributed by atoms with E-state index < -0.39 is 23.7 Å². The van der Waals surface area contributed by atoms with E-state index in [1.54, 1.807) is 12.0 Å². The molecule has 0 saturated carbocycles. The average Bonchev–Trinajstić information content (AvgIpc) is 2.92. The predicted octanol–water partition coefficient (Wildman–Crippen LogP) is 8.09. The van der Waals surface area contributed by atoms with Crippen LogP contribution in [-0.2, 0) is 11.2 Å². The molecule has 3 atom stereocenters. The van der Waals surface area contributed by atoms with Gasteiger partial charge in [-0.25, -0.2) is 4.79 Å². The fourth-order valence-electron chi connectivity index (χ4n) is 5.14. The molecule has 2 aromatic carbocycles. The summed E-state index contributed by atoms with van der Waals surface area (Å²) >= 11 is 9.53. The predicted molar refractivity (Wildman–Crippen MR) is 152 cm³/mol. The van der Waals surface area contributed by atoms with Crippen molar-refractivity contribution in [3.8, 4) is 5.75 Å². The molecule has 1 fully saturated rings. The molecule has 1 N–H and O–H groups in total. The van der Waals surface area contributed by atoms with E-state index in [-0.39, 0.29) is 11.9 Å². The Morgan fingerprint density at radius 1 is 1.08 bits per heavy atom. The van der Waals surface area contributed by atoms with Gasteiger partial charge in [-0.05, 0) is 42.5 Å². The summed E-state index contributed by atoms with van der Waals surface area (Å²) in [6, 6.07) is 17.3. The summed E-state index contributed by atoms with van der Waals surface area (Å²) < 4.78 is 11.5. The van der Waals surface area contributed by atoms with Gasteiger partial charge in [-0.2, -0.15) is 0 Å². The molecule has 1 saturated heterocycles. The van der Waals surface area contributed by atoms with Gasteiger partial charge in [0.2, 0.25) is 0 Å². The van der Waals surface area contributed by atoms with Gasteiger partial charge in [-0.15, -0.1) is 23.2 Å². The lowest BCUT2D eigenvalue weighted by Gasteiger charge is -2.51. The van der Waals surface area contributed by atoms with Gasteiger partial charge in [0.15, 0.2) is 0 Å². The Labute approximate surface area is 232 Å². The van der Waals surface area contributed by atoms with E-state index in [1.165, 1.54) is 6.42 Å². The lowest BCUT2D eigenvalue weighted by molar-refractivity contribution is -0.0587. The number of amides is 1. The van der Waals surface area contributed by atoms with Crippen LogP contribution in [-0.4, -0.2) is 41.2 Å². The molecule has 1 aliphatic rings. The number of halogens is 2. The highest BCUT2D eigenvalue weighted by molar-refractivity contribution is 6.40. The summed E-state index contributed by atoms with van der Waals surface area (Å²) in [6.45, 7) is 8.66. The molecule has 0 bridgehead atoms. The zero-order valence-corrected chi connectivity index (χ0v) is 23.8. The Morgan fingerprint density at radius 2 is 1.73 bits per heavy atom. The van der Waals surface area contributed by atoms with E-state index in [0.29, 0.717) is 6.42 Å². The number of aliphatic hydroxyl groups excluding tert-OH is 1. The van der Waals surface area contributed by atoms with Gasteiger partial charge < -0.3 is 14.6 Å². The van der Waals surface area contributed by atoms with Gasteiger partial charge in [-0.3, -0.25) is 4.90 Å². The van der Waals surface area contributed by atoms with Crippen LogP contribution in [0, 0.1) is 5.41 Å². The number of hydrogen-bond acceptors (Lipinski definition) is 4. The van der Waals surface area contributed by atoms with E-state index in [0.717, 1.165) is 54.7 Å². The van der Waals surface area contributed by atoms with E-state index in [2.05, 4.69) is 20.4 Å². The van der Waals surface area contributed by atoms with Gasteiger partial charge >= 0.3 is 6.09 Å². The molecule has 0 aromatic heterocycles. The third kappa shape index (κ3) is 7.89. The second kappa shape index (κ2) is 15.9. The maximum absolute atomic E-state index is 13.4. The van der Waals surface area contributed by atoms with E-state index in [1.807, 2.05) is 54.6 Å². The average molecular weight is 551 g/mol. The van der Waals surface area contributed by atoms with Crippen LogP contribution in [0.5, 0.6) is 5.75 Å². The second-order valence-electron chi connectivity index (χ2n) is 9.30. The van der Waals surface area contributed by atoms with Crippen LogP contribution < -0.4 is 4.74 Å². The Bertz CT molecular complexity index is 954. The van der Waals surface area contributed by atoms with Crippen LogP contribution >= 0.6 is 23.2 Å². The zero-order chi connectivity index (χ0) is 27.3. The fourth-order valence-corrected chi connectivity index (χ4v) is 5.14. The molecule has 3 rings (SSSR count). The van der Waals surface area contributed by atoms with Crippen LogP contribution in [0.1, 0.15) is 69.6 Å². The number of ether oxygens (including phenoxy) is 2. The Morgan fingerprint density at radius 3 is 2.27 bits per heavy atom. The molecule has 204 valence electrons. The van der Waals surface area contributed by atoms with Crippen LogP contribution in [0.25, 0.3) is 0 Å². The van der Waals surface area contributed by atoms with Gasteiger partial charge in [-0.1, -0.05) is 88.6 Å². The first-order valence-electron chi connectivity index (χ1n) is 13.0. The standard InChI is InChI=1S/C29H39NO4.CH2Cl2/c1-5-7-8-12-19-29(6-2)22(3)30(25(21-31)20-23-13-10-9-11-14-23)28(32)34-27(29)24-15-17-26(33-4)18-16-24;2-1-3/h9-11,13-18,25,27,31H,3,5-8,12,19-21H2,1-2,4H3;1H2/t25-,27-,29+;/m0./s1. The van der Waals surface area contributed by atoms with Crippen LogP contribution in [0.2, 0.25) is 0 Å². The molecule has 0 unspecified atom stereocenters. The van der Waals surface area contributed by atoms with Gasteiger partial charge in [0, 0.05) is 5.70 Å². The molecule has 1 heterocycles. The molecule has 37 heavy (non-hydrogen) atoms. The number of hydrogen-bond donors (Lipinski definition) is 1. The molecule has 5 nitrogen and oxygen atoms in total. The first-order chi connectivity index (χ1) is 17.9. The highest BCUT2D eigenvalue weighted by atomic mass is 35.5. The highest BCUT2D eigenvalue weighted by Crippen LogP contribution is 2.53. The molecule has 0 spiro atoms.